The van der Waals surface area contributed by atoms with E-state index in [1.165, 1.54) is 31.4 Å². The molecule has 120 valence electrons. The molecule has 0 aliphatic rings. The smallest absolute Gasteiger partial charge is 0.276 e. The van der Waals surface area contributed by atoms with Gasteiger partial charge in [0.1, 0.15) is 17.4 Å². The lowest BCUT2D eigenvalue weighted by molar-refractivity contribution is -0.385. The maximum atomic E-state index is 12.2. The van der Waals surface area contributed by atoms with Crippen molar-refractivity contribution in [3.63, 3.8) is 0 Å². The minimum atomic E-state index is -0.652. The number of anilines is 1. The minimum Gasteiger partial charge on any atom is -0.497 e. The molecule has 0 aromatic heterocycles. The molecule has 0 bridgehead atoms. The van der Waals surface area contributed by atoms with Crippen molar-refractivity contribution in [3.8, 4) is 11.8 Å². The first-order chi connectivity index (χ1) is 11.5. The summed E-state index contributed by atoms with van der Waals surface area (Å²) in [6.45, 7) is 0. The Bertz CT molecular complexity index is 836. The second-order valence-electron chi connectivity index (χ2n) is 4.67. The summed E-state index contributed by atoms with van der Waals surface area (Å²) in [7, 11) is 1.52. The number of benzene rings is 2. The van der Waals surface area contributed by atoms with E-state index in [4.69, 9.17) is 4.74 Å². The van der Waals surface area contributed by atoms with Gasteiger partial charge >= 0.3 is 0 Å². The van der Waals surface area contributed by atoms with Crippen LogP contribution in [0.1, 0.15) is 5.56 Å². The van der Waals surface area contributed by atoms with Crippen LogP contribution in [0.4, 0.5) is 11.4 Å². The van der Waals surface area contributed by atoms with Gasteiger partial charge in [0.15, 0.2) is 0 Å². The summed E-state index contributed by atoms with van der Waals surface area (Å²) in [5, 5.41) is 22.7. The van der Waals surface area contributed by atoms with E-state index in [0.29, 0.717) is 11.4 Å². The molecule has 1 N–H and O–H groups in total. The number of carbonyl (C=O) groups excluding carboxylic acids is 1. The number of nitro groups is 1. The molecule has 0 saturated heterocycles. The van der Waals surface area contributed by atoms with Crippen molar-refractivity contribution in [1.29, 1.82) is 5.26 Å². The van der Waals surface area contributed by atoms with Crippen molar-refractivity contribution in [1.82, 2.24) is 0 Å². The molecule has 2 aromatic carbocycles. The number of carbonyl (C=O) groups is 1. The Balaban J connectivity index is 2.26. The predicted octanol–water partition coefficient (Wildman–Crippen LogP) is 3.15. The maximum absolute atomic E-state index is 12.2. The van der Waals surface area contributed by atoms with Crippen LogP contribution in [-0.4, -0.2) is 17.9 Å². The first-order valence-electron chi connectivity index (χ1n) is 6.85. The molecule has 0 spiro atoms. The molecule has 7 nitrogen and oxygen atoms in total. The van der Waals surface area contributed by atoms with Crippen molar-refractivity contribution >= 4 is 23.4 Å². The van der Waals surface area contributed by atoms with E-state index in [1.807, 2.05) is 0 Å². The molecular weight excluding hydrogens is 310 g/mol. The average molecular weight is 323 g/mol. The summed E-state index contributed by atoms with van der Waals surface area (Å²) in [4.78, 5) is 22.6. The molecule has 0 heterocycles. The number of amides is 1. The molecule has 2 rings (SSSR count). The highest BCUT2D eigenvalue weighted by Gasteiger charge is 2.15. The molecule has 0 aliphatic heterocycles. The van der Waals surface area contributed by atoms with Crippen LogP contribution < -0.4 is 10.1 Å². The Labute approximate surface area is 137 Å². The Morgan fingerprint density at radius 2 is 1.92 bits per heavy atom. The number of hydrogen-bond donors (Lipinski definition) is 1. The monoisotopic (exact) mass is 323 g/mol. The lowest BCUT2D eigenvalue weighted by atomic mass is 10.1. The molecular formula is C17H13N3O4. The van der Waals surface area contributed by atoms with E-state index in [2.05, 4.69) is 5.32 Å². The van der Waals surface area contributed by atoms with Gasteiger partial charge in [-0.05, 0) is 36.4 Å². The first-order valence-corrected chi connectivity index (χ1v) is 6.85. The summed E-state index contributed by atoms with van der Waals surface area (Å²) in [6.07, 6.45) is 1.19. The Hall–Kier alpha value is -3.66. The quantitative estimate of drug-likeness (QED) is 0.394. The minimum absolute atomic E-state index is 0.178. The Kier molecular flexibility index (Phi) is 5.26. The highest BCUT2D eigenvalue weighted by molar-refractivity contribution is 6.09. The predicted molar refractivity (Wildman–Crippen MR) is 88.3 cm³/mol. The Morgan fingerprint density at radius 1 is 1.25 bits per heavy atom. The average Bonchev–Trinajstić information content (AvgIpc) is 2.60. The van der Waals surface area contributed by atoms with Crippen molar-refractivity contribution < 1.29 is 14.5 Å². The molecule has 0 fully saturated rings. The Morgan fingerprint density at radius 3 is 2.50 bits per heavy atom. The standard InChI is InChI=1S/C17H13N3O4/c1-24-15-8-6-14(7-9-15)19-17(21)13(11-18)10-12-4-2-3-5-16(12)20(22)23/h2-10H,1H3,(H,19,21). The van der Waals surface area contributed by atoms with Gasteiger partial charge in [-0.1, -0.05) is 12.1 Å². The van der Waals surface area contributed by atoms with Gasteiger partial charge in [-0.25, -0.2) is 0 Å². The fraction of sp³-hybridized carbons (Fsp3) is 0.0588. The summed E-state index contributed by atoms with van der Waals surface area (Å²) >= 11 is 0. The van der Waals surface area contributed by atoms with Crippen LogP contribution in [0.3, 0.4) is 0 Å². The number of nitro benzene ring substituents is 1. The third-order valence-electron chi connectivity index (χ3n) is 3.15. The van der Waals surface area contributed by atoms with Crippen molar-refractivity contribution in [3.05, 3.63) is 69.8 Å². The molecule has 0 saturated carbocycles. The third-order valence-corrected chi connectivity index (χ3v) is 3.15. The lowest BCUT2D eigenvalue weighted by Crippen LogP contribution is -2.13. The fourth-order valence-corrected chi connectivity index (χ4v) is 1.95. The zero-order valence-electron chi connectivity index (χ0n) is 12.7. The van der Waals surface area contributed by atoms with Gasteiger partial charge < -0.3 is 10.1 Å². The van der Waals surface area contributed by atoms with Crippen molar-refractivity contribution in [2.45, 2.75) is 0 Å². The van der Waals surface area contributed by atoms with Crippen LogP contribution in [0.2, 0.25) is 0 Å². The molecule has 0 radical (unpaired) electrons. The van der Waals surface area contributed by atoms with E-state index in [-0.39, 0.29) is 16.8 Å². The van der Waals surface area contributed by atoms with Crippen molar-refractivity contribution in [2.75, 3.05) is 12.4 Å². The molecule has 7 heteroatoms. The molecule has 1 amide bonds. The number of rotatable bonds is 5. The van der Waals surface area contributed by atoms with Gasteiger partial charge in [-0.2, -0.15) is 5.26 Å². The molecule has 2 aromatic rings. The van der Waals surface area contributed by atoms with Crippen molar-refractivity contribution in [2.24, 2.45) is 0 Å². The van der Waals surface area contributed by atoms with Crippen LogP contribution in [-0.2, 0) is 4.79 Å². The molecule has 0 unspecified atom stereocenters. The van der Waals surface area contributed by atoms with Gasteiger partial charge in [0.25, 0.3) is 11.6 Å². The van der Waals surface area contributed by atoms with Gasteiger partial charge in [0, 0.05) is 11.8 Å². The van der Waals surface area contributed by atoms with E-state index >= 15 is 0 Å². The summed E-state index contributed by atoms with van der Waals surface area (Å²) in [5.74, 6) is -0.0234. The molecule has 24 heavy (non-hydrogen) atoms. The number of nitriles is 1. The maximum Gasteiger partial charge on any atom is 0.276 e. The van der Waals surface area contributed by atoms with Crippen LogP contribution >= 0.6 is 0 Å². The summed E-state index contributed by atoms with van der Waals surface area (Å²) in [5.41, 5.74) is 0.246. The highest BCUT2D eigenvalue weighted by Crippen LogP contribution is 2.21. The van der Waals surface area contributed by atoms with E-state index in [9.17, 15) is 20.2 Å². The fourth-order valence-electron chi connectivity index (χ4n) is 1.95. The summed E-state index contributed by atoms with van der Waals surface area (Å²) in [6, 6.07) is 14.2. The molecule has 0 aliphatic carbocycles. The SMILES string of the molecule is COc1ccc(NC(=O)C(C#N)=Cc2ccccc2[N+](=O)[O-])cc1. The van der Waals surface area contributed by atoms with Gasteiger partial charge in [0.2, 0.25) is 0 Å². The third kappa shape index (κ3) is 3.96. The zero-order valence-corrected chi connectivity index (χ0v) is 12.7. The van der Waals surface area contributed by atoms with E-state index < -0.39 is 10.8 Å². The van der Waals surface area contributed by atoms with Crippen LogP contribution in [0.5, 0.6) is 5.75 Å². The highest BCUT2D eigenvalue weighted by atomic mass is 16.6. The van der Waals surface area contributed by atoms with Crippen LogP contribution in [0.25, 0.3) is 6.08 Å². The lowest BCUT2D eigenvalue weighted by Gasteiger charge is -2.05. The number of methoxy groups -OCH3 is 1. The number of ether oxygens (including phenoxy) is 1. The van der Waals surface area contributed by atoms with E-state index in [0.717, 1.165) is 0 Å². The number of hydrogen-bond acceptors (Lipinski definition) is 5. The first kappa shape index (κ1) is 16.7. The number of nitrogens with zero attached hydrogens (tertiary/aromatic N) is 2. The second kappa shape index (κ2) is 7.56. The van der Waals surface area contributed by atoms with Crippen LogP contribution in [0.15, 0.2) is 54.1 Å². The van der Waals surface area contributed by atoms with Gasteiger partial charge in [-0.15, -0.1) is 0 Å². The van der Waals surface area contributed by atoms with Gasteiger partial charge in [0.05, 0.1) is 17.6 Å². The number of para-hydroxylation sites is 1. The number of nitrogens with one attached hydrogen (secondary N) is 1. The zero-order chi connectivity index (χ0) is 17.5. The normalized spacial score (nSPS) is 10.6. The van der Waals surface area contributed by atoms with Gasteiger partial charge in [-0.3, -0.25) is 14.9 Å². The summed E-state index contributed by atoms with van der Waals surface area (Å²) < 4.78 is 5.02. The largest absolute Gasteiger partial charge is 0.497 e. The van der Waals surface area contributed by atoms with E-state index in [1.54, 1.807) is 36.4 Å². The van der Waals surface area contributed by atoms with Crippen LogP contribution in [0, 0.1) is 21.4 Å². The topological polar surface area (TPSA) is 105 Å². The molecule has 0 atom stereocenters. The second-order valence-corrected chi connectivity index (χ2v) is 4.67.